The molecule has 1 amide bonds. The first-order valence-electron chi connectivity index (χ1n) is 5.19. The quantitative estimate of drug-likeness (QED) is 0.774. The van der Waals surface area contributed by atoms with E-state index in [1.54, 1.807) is 14.0 Å². The van der Waals surface area contributed by atoms with Gasteiger partial charge in [0.25, 0.3) is 0 Å². The highest BCUT2D eigenvalue weighted by Gasteiger charge is 2.05. The van der Waals surface area contributed by atoms with Gasteiger partial charge in [-0.1, -0.05) is 12.1 Å². The molecule has 0 spiro atoms. The van der Waals surface area contributed by atoms with Crippen LogP contribution in [0.4, 0.5) is 0 Å². The molecule has 4 nitrogen and oxygen atoms in total. The maximum atomic E-state index is 11.5. The number of aliphatic hydroxyl groups is 1. The van der Waals surface area contributed by atoms with Crippen LogP contribution in [-0.2, 0) is 11.2 Å². The third-order valence-corrected chi connectivity index (χ3v) is 2.09. The molecule has 1 aromatic carbocycles. The predicted octanol–water partition coefficient (Wildman–Crippen LogP) is 0.735. The summed E-state index contributed by atoms with van der Waals surface area (Å²) in [4.78, 5) is 11.5. The largest absolute Gasteiger partial charge is 0.497 e. The van der Waals surface area contributed by atoms with Crippen molar-refractivity contribution >= 4 is 5.91 Å². The minimum atomic E-state index is -0.519. The van der Waals surface area contributed by atoms with Gasteiger partial charge in [-0.3, -0.25) is 4.79 Å². The van der Waals surface area contributed by atoms with E-state index in [0.717, 1.165) is 11.3 Å². The topological polar surface area (TPSA) is 58.6 Å². The van der Waals surface area contributed by atoms with E-state index in [1.165, 1.54) is 0 Å². The number of methoxy groups -OCH3 is 1. The van der Waals surface area contributed by atoms with Crippen LogP contribution in [0.15, 0.2) is 24.3 Å². The zero-order valence-electron chi connectivity index (χ0n) is 9.56. The van der Waals surface area contributed by atoms with E-state index in [0.29, 0.717) is 6.42 Å². The third-order valence-electron chi connectivity index (χ3n) is 2.09. The van der Waals surface area contributed by atoms with Gasteiger partial charge in [-0.2, -0.15) is 0 Å². The second kappa shape index (κ2) is 6.12. The van der Waals surface area contributed by atoms with E-state index >= 15 is 0 Å². The Hall–Kier alpha value is -1.55. The summed E-state index contributed by atoms with van der Waals surface area (Å²) in [5.74, 6) is 0.634. The number of benzene rings is 1. The Labute approximate surface area is 95.2 Å². The molecule has 88 valence electrons. The number of carbonyl (C=O) groups is 1. The van der Waals surface area contributed by atoms with Gasteiger partial charge in [0.15, 0.2) is 0 Å². The Balaban J connectivity index is 2.49. The molecule has 0 unspecified atom stereocenters. The fraction of sp³-hybridized carbons (Fsp3) is 0.417. The molecule has 1 atom stereocenters. The minimum absolute atomic E-state index is 0.103. The minimum Gasteiger partial charge on any atom is -0.497 e. The van der Waals surface area contributed by atoms with Crippen molar-refractivity contribution in [2.24, 2.45) is 0 Å². The maximum Gasteiger partial charge on any atom is 0.224 e. The van der Waals surface area contributed by atoms with Gasteiger partial charge in [0.2, 0.25) is 5.91 Å². The van der Waals surface area contributed by atoms with Crippen molar-refractivity contribution in [3.63, 3.8) is 0 Å². The summed E-state index contributed by atoms with van der Waals surface area (Å²) in [7, 11) is 1.59. The highest BCUT2D eigenvalue weighted by molar-refractivity contribution is 5.78. The number of ether oxygens (including phenoxy) is 1. The lowest BCUT2D eigenvalue weighted by Gasteiger charge is -2.07. The average molecular weight is 223 g/mol. The molecule has 1 aromatic rings. The third kappa shape index (κ3) is 4.31. The molecule has 0 heterocycles. The molecular weight excluding hydrogens is 206 g/mol. The monoisotopic (exact) mass is 223 g/mol. The summed E-state index contributed by atoms with van der Waals surface area (Å²) in [6, 6.07) is 7.36. The molecule has 0 bridgehead atoms. The summed E-state index contributed by atoms with van der Waals surface area (Å²) in [5.41, 5.74) is 0.891. The molecule has 0 aliphatic carbocycles. The van der Waals surface area contributed by atoms with Crippen LogP contribution in [0.3, 0.4) is 0 Å². The second-order valence-electron chi connectivity index (χ2n) is 3.68. The zero-order chi connectivity index (χ0) is 12.0. The molecule has 0 aliphatic heterocycles. The van der Waals surface area contributed by atoms with E-state index in [-0.39, 0.29) is 12.5 Å². The van der Waals surface area contributed by atoms with Gasteiger partial charge in [-0.25, -0.2) is 0 Å². The number of amides is 1. The van der Waals surface area contributed by atoms with Crippen molar-refractivity contribution in [3.8, 4) is 5.75 Å². The van der Waals surface area contributed by atoms with Crippen LogP contribution < -0.4 is 10.1 Å². The highest BCUT2D eigenvalue weighted by atomic mass is 16.5. The summed E-state index contributed by atoms with van der Waals surface area (Å²) < 4.78 is 5.06. The average Bonchev–Trinajstić information content (AvgIpc) is 2.26. The van der Waals surface area contributed by atoms with E-state index < -0.39 is 6.10 Å². The van der Waals surface area contributed by atoms with E-state index in [9.17, 15) is 4.79 Å². The van der Waals surface area contributed by atoms with E-state index in [2.05, 4.69) is 5.32 Å². The fourth-order valence-electron chi connectivity index (χ4n) is 1.29. The summed E-state index contributed by atoms with van der Waals surface area (Å²) >= 11 is 0. The lowest BCUT2D eigenvalue weighted by molar-refractivity contribution is -0.120. The number of hydrogen-bond donors (Lipinski definition) is 2. The van der Waals surface area contributed by atoms with Gasteiger partial charge >= 0.3 is 0 Å². The first-order valence-corrected chi connectivity index (χ1v) is 5.19. The normalized spacial score (nSPS) is 11.9. The van der Waals surface area contributed by atoms with Crippen molar-refractivity contribution in [3.05, 3.63) is 29.8 Å². The van der Waals surface area contributed by atoms with Crippen LogP contribution in [0.1, 0.15) is 12.5 Å². The molecule has 0 aromatic heterocycles. The van der Waals surface area contributed by atoms with Gasteiger partial charge in [-0.05, 0) is 24.6 Å². The Bertz CT molecular complexity index is 350. The fourth-order valence-corrected chi connectivity index (χ4v) is 1.29. The SMILES string of the molecule is COc1cccc(CC(=O)NC[C@H](C)O)c1. The van der Waals surface area contributed by atoms with Gasteiger partial charge < -0.3 is 15.2 Å². The molecule has 1 rings (SSSR count). The number of carbonyl (C=O) groups excluding carboxylic acids is 1. The van der Waals surface area contributed by atoms with Gasteiger partial charge in [0.1, 0.15) is 5.75 Å². The number of hydrogen-bond acceptors (Lipinski definition) is 3. The summed E-state index contributed by atoms with van der Waals surface area (Å²) in [5, 5.41) is 11.7. The number of rotatable bonds is 5. The molecule has 0 saturated heterocycles. The molecule has 2 N–H and O–H groups in total. The Morgan fingerprint density at radius 2 is 2.31 bits per heavy atom. The van der Waals surface area contributed by atoms with Crippen LogP contribution in [0.2, 0.25) is 0 Å². The molecular formula is C12H17NO3. The van der Waals surface area contributed by atoms with Gasteiger partial charge in [-0.15, -0.1) is 0 Å². The second-order valence-corrected chi connectivity index (χ2v) is 3.68. The molecule has 0 aliphatic rings. The van der Waals surface area contributed by atoms with Crippen molar-refractivity contribution < 1.29 is 14.6 Å². The smallest absolute Gasteiger partial charge is 0.224 e. The predicted molar refractivity (Wildman–Crippen MR) is 61.4 cm³/mol. The zero-order valence-corrected chi connectivity index (χ0v) is 9.56. The molecule has 0 radical (unpaired) electrons. The van der Waals surface area contributed by atoms with Crippen LogP contribution >= 0.6 is 0 Å². The lowest BCUT2D eigenvalue weighted by atomic mass is 10.1. The van der Waals surface area contributed by atoms with Crippen molar-refractivity contribution in [2.75, 3.05) is 13.7 Å². The maximum absolute atomic E-state index is 11.5. The first-order chi connectivity index (χ1) is 7.61. The lowest BCUT2D eigenvalue weighted by Crippen LogP contribution is -2.31. The van der Waals surface area contributed by atoms with Crippen LogP contribution in [0.25, 0.3) is 0 Å². The van der Waals surface area contributed by atoms with Crippen molar-refractivity contribution in [2.45, 2.75) is 19.4 Å². The van der Waals surface area contributed by atoms with Crippen LogP contribution in [0.5, 0.6) is 5.75 Å². The first kappa shape index (κ1) is 12.5. The standard InChI is InChI=1S/C12H17NO3/c1-9(14)8-13-12(15)7-10-4-3-5-11(6-10)16-2/h3-6,9,14H,7-8H2,1-2H3,(H,13,15)/t9-/m0/s1. The molecule has 16 heavy (non-hydrogen) atoms. The molecule has 0 saturated carbocycles. The van der Waals surface area contributed by atoms with E-state index in [1.807, 2.05) is 24.3 Å². The molecule has 0 fully saturated rings. The Morgan fingerprint density at radius 3 is 2.94 bits per heavy atom. The Morgan fingerprint density at radius 1 is 1.56 bits per heavy atom. The summed E-state index contributed by atoms with van der Waals surface area (Å²) in [6.45, 7) is 1.91. The summed E-state index contributed by atoms with van der Waals surface area (Å²) in [6.07, 6.45) is -0.224. The van der Waals surface area contributed by atoms with Gasteiger partial charge in [0, 0.05) is 6.54 Å². The van der Waals surface area contributed by atoms with Crippen LogP contribution in [-0.4, -0.2) is 30.8 Å². The van der Waals surface area contributed by atoms with Gasteiger partial charge in [0.05, 0.1) is 19.6 Å². The van der Waals surface area contributed by atoms with Crippen molar-refractivity contribution in [1.29, 1.82) is 0 Å². The van der Waals surface area contributed by atoms with Crippen LogP contribution in [0, 0.1) is 0 Å². The van der Waals surface area contributed by atoms with E-state index in [4.69, 9.17) is 9.84 Å². The molecule has 4 heteroatoms. The highest BCUT2D eigenvalue weighted by Crippen LogP contribution is 2.12. The number of nitrogens with one attached hydrogen (secondary N) is 1. The van der Waals surface area contributed by atoms with Crippen molar-refractivity contribution in [1.82, 2.24) is 5.32 Å². The Kier molecular flexibility index (Phi) is 4.79. The number of aliphatic hydroxyl groups excluding tert-OH is 1.